The normalized spacial score (nSPS) is 23.7. The molecule has 1 amide bonds. The first kappa shape index (κ1) is 17.5. The summed E-state index contributed by atoms with van der Waals surface area (Å²) in [6.07, 6.45) is 9.78. The minimum Gasteiger partial charge on any atom is -0.284 e. The first-order valence-corrected chi connectivity index (χ1v) is 8.91. The number of carbonyl (C=O) groups excluding carboxylic acids is 1. The summed E-state index contributed by atoms with van der Waals surface area (Å²) in [7, 11) is 0. The molecule has 1 aliphatic heterocycles. The highest BCUT2D eigenvalue weighted by Crippen LogP contribution is 2.58. The predicted molar refractivity (Wildman–Crippen MR) is 101 cm³/mol. The minimum atomic E-state index is -0.621. The van der Waals surface area contributed by atoms with Gasteiger partial charge in [0.25, 0.3) is 0 Å². The molecule has 0 bridgehead atoms. The predicted octanol–water partition coefficient (Wildman–Crippen LogP) is 4.07. The van der Waals surface area contributed by atoms with Gasteiger partial charge in [0.1, 0.15) is 5.82 Å². The Hall–Kier alpha value is -2.89. The van der Waals surface area contributed by atoms with Crippen LogP contribution in [0.25, 0.3) is 5.57 Å². The van der Waals surface area contributed by atoms with Crippen LogP contribution in [0.3, 0.4) is 0 Å². The maximum absolute atomic E-state index is 13.7. The highest BCUT2D eigenvalue weighted by molar-refractivity contribution is 6.05. The molecule has 1 atom stereocenters. The quantitative estimate of drug-likeness (QED) is 0.754. The molecule has 1 unspecified atom stereocenters. The van der Waals surface area contributed by atoms with Crippen molar-refractivity contribution in [3.05, 3.63) is 65.9 Å². The van der Waals surface area contributed by atoms with Crippen molar-refractivity contribution in [1.29, 1.82) is 0 Å². The van der Waals surface area contributed by atoms with Gasteiger partial charge in [-0.3, -0.25) is 9.69 Å². The van der Waals surface area contributed by atoms with Crippen molar-refractivity contribution in [2.45, 2.75) is 34.1 Å². The summed E-state index contributed by atoms with van der Waals surface area (Å²) in [5.74, 6) is 0.0567. The third kappa shape index (κ3) is 2.51. The largest absolute Gasteiger partial charge is 0.284 e. The van der Waals surface area contributed by atoms with E-state index >= 15 is 0 Å². The number of nitrogens with zero attached hydrogens (tertiary/aromatic N) is 4. The Kier molecular flexibility index (Phi) is 3.77. The molecule has 0 N–H and O–H groups in total. The number of aromatic nitrogens is 3. The molecule has 2 aliphatic rings. The number of aryl methyl sites for hydroxylation is 1. The summed E-state index contributed by atoms with van der Waals surface area (Å²) in [5.41, 5.74) is 2.21. The third-order valence-electron chi connectivity index (χ3n) is 6.03. The zero-order valence-corrected chi connectivity index (χ0v) is 15.8. The van der Waals surface area contributed by atoms with Gasteiger partial charge in [0.2, 0.25) is 11.9 Å². The Morgan fingerprint density at radius 2 is 1.85 bits per heavy atom. The van der Waals surface area contributed by atoms with Gasteiger partial charge in [-0.1, -0.05) is 26.8 Å². The number of allylic oxidation sites excluding steroid dienone is 4. The number of amides is 1. The molecule has 0 saturated carbocycles. The second-order valence-corrected chi connectivity index (χ2v) is 7.85. The van der Waals surface area contributed by atoms with Crippen LogP contribution in [0.15, 0.2) is 48.6 Å². The molecule has 138 valence electrons. The average molecular weight is 364 g/mol. The minimum absolute atomic E-state index is 0.0448. The van der Waals surface area contributed by atoms with Crippen LogP contribution in [-0.2, 0) is 4.79 Å². The van der Waals surface area contributed by atoms with E-state index in [1.807, 2.05) is 26.8 Å². The lowest BCUT2D eigenvalue weighted by Gasteiger charge is -2.37. The summed E-state index contributed by atoms with van der Waals surface area (Å²) >= 11 is 0. The maximum atomic E-state index is 13.7. The Labute approximate surface area is 157 Å². The molecule has 1 fully saturated rings. The molecule has 2 aromatic heterocycles. The number of anilines is 1. The van der Waals surface area contributed by atoms with Gasteiger partial charge in [-0.05, 0) is 31.1 Å². The molecule has 5 nitrogen and oxygen atoms in total. The van der Waals surface area contributed by atoms with E-state index in [0.29, 0.717) is 17.9 Å². The van der Waals surface area contributed by atoms with Gasteiger partial charge in [0, 0.05) is 41.3 Å². The van der Waals surface area contributed by atoms with E-state index in [1.165, 1.54) is 12.3 Å². The van der Waals surface area contributed by atoms with Gasteiger partial charge >= 0.3 is 0 Å². The molecule has 0 spiro atoms. The lowest BCUT2D eigenvalue weighted by molar-refractivity contribution is -0.127. The monoisotopic (exact) mass is 364 g/mol. The smallest absolute Gasteiger partial charge is 0.237 e. The van der Waals surface area contributed by atoms with Crippen LogP contribution in [0.2, 0.25) is 0 Å². The number of carbonyl (C=O) groups is 1. The molecule has 3 heterocycles. The summed E-state index contributed by atoms with van der Waals surface area (Å²) in [4.78, 5) is 27.1. The number of hydrogen-bond acceptors (Lipinski definition) is 4. The first-order valence-electron chi connectivity index (χ1n) is 8.91. The molecular weight excluding hydrogens is 343 g/mol. The second kappa shape index (κ2) is 5.81. The van der Waals surface area contributed by atoms with Crippen LogP contribution in [0.5, 0.6) is 0 Å². The maximum Gasteiger partial charge on any atom is 0.237 e. The van der Waals surface area contributed by atoms with Crippen LogP contribution in [0, 0.1) is 23.7 Å². The second-order valence-electron chi connectivity index (χ2n) is 7.85. The molecule has 0 aromatic carbocycles. The zero-order valence-electron chi connectivity index (χ0n) is 15.8. The lowest BCUT2D eigenvalue weighted by Crippen LogP contribution is -2.36. The van der Waals surface area contributed by atoms with Crippen molar-refractivity contribution in [3.63, 3.8) is 0 Å². The standard InChI is InChI=1S/C21H21FN4O/c1-13-24-11-15(12-25-13)14-5-7-21(4)17(9-14)26(19(27)20(21,2)3)16-6-8-23-18(22)10-16/h5-6,8-12H,7H2,1-4H3. The SMILES string of the molecule is Cc1ncc(C2=CCC3(C)C(=C2)N(c2ccnc(F)c2)C(=O)C3(C)C)cn1. The highest BCUT2D eigenvalue weighted by Gasteiger charge is 2.59. The van der Waals surface area contributed by atoms with Crippen molar-refractivity contribution >= 4 is 17.2 Å². The van der Waals surface area contributed by atoms with Gasteiger partial charge in [0.05, 0.1) is 11.1 Å². The summed E-state index contributed by atoms with van der Waals surface area (Å²) in [6.45, 7) is 7.84. The summed E-state index contributed by atoms with van der Waals surface area (Å²) in [6, 6.07) is 2.96. The van der Waals surface area contributed by atoms with E-state index in [0.717, 1.165) is 16.8 Å². The number of fused-ring (bicyclic) bond motifs is 1. The fraction of sp³-hybridized carbons (Fsp3) is 0.333. The van der Waals surface area contributed by atoms with Crippen LogP contribution in [-0.4, -0.2) is 20.9 Å². The van der Waals surface area contributed by atoms with Crippen molar-refractivity contribution in [3.8, 4) is 0 Å². The van der Waals surface area contributed by atoms with E-state index in [-0.39, 0.29) is 11.3 Å². The van der Waals surface area contributed by atoms with E-state index in [9.17, 15) is 9.18 Å². The fourth-order valence-electron chi connectivity index (χ4n) is 3.83. The number of rotatable bonds is 2. The summed E-state index contributed by atoms with van der Waals surface area (Å²) in [5, 5.41) is 0. The van der Waals surface area contributed by atoms with E-state index < -0.39 is 11.4 Å². The van der Waals surface area contributed by atoms with E-state index in [1.54, 1.807) is 23.4 Å². The average Bonchev–Trinajstić information content (AvgIpc) is 2.79. The molecule has 4 rings (SSSR count). The van der Waals surface area contributed by atoms with Crippen LogP contribution in [0.4, 0.5) is 10.1 Å². The Balaban J connectivity index is 1.86. The number of halogens is 1. The van der Waals surface area contributed by atoms with Crippen molar-refractivity contribution in [1.82, 2.24) is 15.0 Å². The van der Waals surface area contributed by atoms with Gasteiger partial charge in [0.15, 0.2) is 0 Å². The van der Waals surface area contributed by atoms with Gasteiger partial charge in [-0.15, -0.1) is 0 Å². The van der Waals surface area contributed by atoms with Crippen LogP contribution < -0.4 is 4.90 Å². The molecule has 1 aliphatic carbocycles. The van der Waals surface area contributed by atoms with Crippen LogP contribution >= 0.6 is 0 Å². The molecule has 2 aromatic rings. The van der Waals surface area contributed by atoms with E-state index in [4.69, 9.17) is 0 Å². The first-order chi connectivity index (χ1) is 12.7. The molecule has 27 heavy (non-hydrogen) atoms. The Morgan fingerprint density at radius 1 is 1.15 bits per heavy atom. The lowest BCUT2D eigenvalue weighted by atomic mass is 9.63. The van der Waals surface area contributed by atoms with Crippen molar-refractivity contribution in [2.75, 3.05) is 4.90 Å². The molecule has 0 radical (unpaired) electrons. The van der Waals surface area contributed by atoms with Gasteiger partial charge < -0.3 is 0 Å². The zero-order chi connectivity index (χ0) is 19.4. The van der Waals surface area contributed by atoms with Gasteiger partial charge in [-0.2, -0.15) is 4.39 Å². The summed E-state index contributed by atoms with van der Waals surface area (Å²) < 4.78 is 13.7. The fourth-order valence-corrected chi connectivity index (χ4v) is 3.83. The Bertz CT molecular complexity index is 993. The highest BCUT2D eigenvalue weighted by atomic mass is 19.1. The number of hydrogen-bond donors (Lipinski definition) is 0. The van der Waals surface area contributed by atoms with Crippen molar-refractivity contribution < 1.29 is 9.18 Å². The molecule has 6 heteroatoms. The van der Waals surface area contributed by atoms with Crippen molar-refractivity contribution in [2.24, 2.45) is 10.8 Å². The molecular formula is C21H21FN4O. The number of pyridine rings is 1. The van der Waals surface area contributed by atoms with Crippen LogP contribution in [0.1, 0.15) is 38.6 Å². The molecule has 1 saturated heterocycles. The van der Waals surface area contributed by atoms with E-state index in [2.05, 4.69) is 28.0 Å². The Morgan fingerprint density at radius 3 is 2.52 bits per heavy atom. The third-order valence-corrected chi connectivity index (χ3v) is 6.03. The van der Waals surface area contributed by atoms with Gasteiger partial charge in [-0.25, -0.2) is 15.0 Å². The topological polar surface area (TPSA) is 59.0 Å².